The number of aliphatic hydroxyl groups excluding tert-OH is 4. The van der Waals surface area contributed by atoms with Gasteiger partial charge in [-0.25, -0.2) is 56.2 Å². The van der Waals surface area contributed by atoms with Crippen molar-refractivity contribution >= 4 is 0 Å². The summed E-state index contributed by atoms with van der Waals surface area (Å²) in [5, 5.41) is 36.6. The Labute approximate surface area is 207 Å². The minimum atomic E-state index is -0.955. The fraction of sp³-hybridized carbons (Fsp3) is 0.700. The molecule has 0 bridgehead atoms. The van der Waals surface area contributed by atoms with Gasteiger partial charge in [0, 0.05) is 6.54 Å². The third-order valence-corrected chi connectivity index (χ3v) is 5.54. The second kappa shape index (κ2) is 13.8. The van der Waals surface area contributed by atoms with Crippen LogP contribution in [0.25, 0.3) is 0 Å². The topological polar surface area (TPSA) is 222 Å². The van der Waals surface area contributed by atoms with Gasteiger partial charge in [-0.1, -0.05) is 0 Å². The number of aliphatic hydroxyl groups is 4. The number of rotatable bonds is 15. The zero-order valence-electron chi connectivity index (χ0n) is 20.4. The average molecular weight is 533 g/mol. The van der Waals surface area contributed by atoms with Crippen LogP contribution in [0, 0.1) is 0 Å². The summed E-state index contributed by atoms with van der Waals surface area (Å²) in [6, 6.07) is 0. The molecule has 17 heteroatoms. The zero-order valence-corrected chi connectivity index (χ0v) is 20.4. The predicted octanol–water partition coefficient (Wildman–Crippen LogP) is -5.88. The molecule has 2 heterocycles. The van der Waals surface area contributed by atoms with E-state index in [-0.39, 0.29) is 52.3 Å². The number of hydrogen-bond acceptors (Lipinski definition) is 11. The van der Waals surface area contributed by atoms with Gasteiger partial charge in [0.1, 0.15) is 0 Å². The van der Waals surface area contributed by atoms with Crippen LogP contribution in [0.4, 0.5) is 0 Å². The predicted molar refractivity (Wildman–Crippen MR) is 127 cm³/mol. The van der Waals surface area contributed by atoms with Gasteiger partial charge < -0.3 is 25.2 Å². The van der Waals surface area contributed by atoms with Crippen molar-refractivity contribution in [2.75, 3.05) is 33.0 Å². The normalized spacial score (nSPS) is 12.2. The summed E-state index contributed by atoms with van der Waals surface area (Å²) in [5.41, 5.74) is -5.64. The highest BCUT2D eigenvalue weighted by Gasteiger charge is 2.17. The standard InChI is InChI=1S/C20H32N6O11/c1-14(2-3-21-15(31)22(4-9-27)17(33)23(5-10-28)16(21)32)37-13-8-26-19(35)24(6-11-29)18(34)25(7-12-30)20(26)36/h14,27-30H,2-13H2,1H3. The van der Waals surface area contributed by atoms with Gasteiger partial charge in [0.2, 0.25) is 0 Å². The van der Waals surface area contributed by atoms with Crippen LogP contribution in [0.15, 0.2) is 28.8 Å². The molecule has 1 unspecified atom stereocenters. The molecular weight excluding hydrogens is 500 g/mol. The van der Waals surface area contributed by atoms with E-state index in [2.05, 4.69) is 0 Å². The Bertz CT molecular complexity index is 1320. The minimum Gasteiger partial charge on any atom is -0.395 e. The van der Waals surface area contributed by atoms with E-state index in [1.54, 1.807) is 6.92 Å². The smallest absolute Gasteiger partial charge is 0.336 e. The van der Waals surface area contributed by atoms with Crippen LogP contribution in [0.5, 0.6) is 0 Å². The highest BCUT2D eigenvalue weighted by Crippen LogP contribution is 1.99. The lowest BCUT2D eigenvalue weighted by molar-refractivity contribution is 0.0494. The first-order valence-corrected chi connectivity index (χ1v) is 11.6. The molecule has 0 aliphatic carbocycles. The summed E-state index contributed by atoms with van der Waals surface area (Å²) in [6.45, 7) is -2.43. The number of aromatic nitrogens is 6. The number of nitrogens with zero attached hydrogens (tertiary/aromatic N) is 6. The van der Waals surface area contributed by atoms with Crippen molar-refractivity contribution in [2.24, 2.45) is 0 Å². The molecule has 17 nitrogen and oxygen atoms in total. The molecule has 0 aromatic carbocycles. The maximum atomic E-state index is 12.6. The Balaban J connectivity index is 2.19. The van der Waals surface area contributed by atoms with Crippen LogP contribution in [0.3, 0.4) is 0 Å². The van der Waals surface area contributed by atoms with Crippen molar-refractivity contribution in [1.82, 2.24) is 27.4 Å². The lowest BCUT2D eigenvalue weighted by atomic mass is 10.3. The van der Waals surface area contributed by atoms with E-state index < -0.39 is 66.7 Å². The average Bonchev–Trinajstić information content (AvgIpc) is 2.87. The van der Waals surface area contributed by atoms with Crippen molar-refractivity contribution in [2.45, 2.75) is 58.7 Å². The van der Waals surface area contributed by atoms with Gasteiger partial charge in [-0.2, -0.15) is 0 Å². The van der Waals surface area contributed by atoms with E-state index in [1.807, 2.05) is 0 Å². The zero-order chi connectivity index (χ0) is 27.7. The second-order valence-corrected chi connectivity index (χ2v) is 7.97. The Morgan fingerprint density at radius 1 is 0.514 bits per heavy atom. The molecule has 0 aliphatic heterocycles. The van der Waals surface area contributed by atoms with Gasteiger partial charge in [-0.05, 0) is 13.3 Å². The molecule has 1 atom stereocenters. The van der Waals surface area contributed by atoms with Gasteiger partial charge in [-0.15, -0.1) is 0 Å². The van der Waals surface area contributed by atoms with Crippen molar-refractivity contribution in [3.63, 3.8) is 0 Å². The van der Waals surface area contributed by atoms with Crippen LogP contribution >= 0.6 is 0 Å². The van der Waals surface area contributed by atoms with Crippen LogP contribution in [-0.4, -0.2) is 87.0 Å². The molecule has 0 aliphatic rings. The molecule has 37 heavy (non-hydrogen) atoms. The number of hydrogen-bond donors (Lipinski definition) is 4. The molecule has 2 rings (SSSR count). The Morgan fingerprint density at radius 3 is 1.08 bits per heavy atom. The maximum absolute atomic E-state index is 12.6. The third kappa shape index (κ3) is 6.69. The third-order valence-electron chi connectivity index (χ3n) is 5.54. The first kappa shape index (κ1) is 29.8. The lowest BCUT2D eigenvalue weighted by Crippen LogP contribution is -2.55. The molecule has 0 fully saturated rings. The van der Waals surface area contributed by atoms with Crippen molar-refractivity contribution in [1.29, 1.82) is 0 Å². The largest absolute Gasteiger partial charge is 0.395 e. The van der Waals surface area contributed by atoms with Gasteiger partial charge in [-0.3, -0.25) is 0 Å². The highest BCUT2D eigenvalue weighted by atomic mass is 16.5. The van der Waals surface area contributed by atoms with Crippen LogP contribution < -0.4 is 34.1 Å². The summed E-state index contributed by atoms with van der Waals surface area (Å²) < 4.78 is 9.85. The summed E-state index contributed by atoms with van der Waals surface area (Å²) in [4.78, 5) is 75.0. The van der Waals surface area contributed by atoms with Crippen molar-refractivity contribution in [3.05, 3.63) is 62.9 Å². The molecule has 2 aromatic rings. The first-order valence-electron chi connectivity index (χ1n) is 11.6. The van der Waals surface area contributed by atoms with Gasteiger partial charge in [0.25, 0.3) is 0 Å². The lowest BCUT2D eigenvalue weighted by Gasteiger charge is -2.17. The Hall–Kier alpha value is -3.38. The van der Waals surface area contributed by atoms with Crippen LogP contribution in [0.1, 0.15) is 13.3 Å². The Kier molecular flexibility index (Phi) is 11.1. The summed E-state index contributed by atoms with van der Waals surface area (Å²) in [5.74, 6) is 0. The molecular formula is C20H32N6O11. The molecule has 2 aromatic heterocycles. The van der Waals surface area contributed by atoms with Crippen molar-refractivity contribution < 1.29 is 25.2 Å². The van der Waals surface area contributed by atoms with Gasteiger partial charge in [0.15, 0.2) is 0 Å². The van der Waals surface area contributed by atoms with E-state index in [0.717, 1.165) is 9.13 Å². The molecule has 0 saturated heterocycles. The van der Waals surface area contributed by atoms with E-state index in [0.29, 0.717) is 18.3 Å². The van der Waals surface area contributed by atoms with Gasteiger partial charge in [0.05, 0.1) is 71.9 Å². The van der Waals surface area contributed by atoms with Crippen LogP contribution in [-0.2, 0) is 44.0 Å². The van der Waals surface area contributed by atoms with E-state index in [4.69, 9.17) is 25.2 Å². The summed E-state index contributed by atoms with van der Waals surface area (Å²) >= 11 is 0. The molecule has 4 N–H and O–H groups in total. The van der Waals surface area contributed by atoms with Crippen LogP contribution in [0.2, 0.25) is 0 Å². The summed E-state index contributed by atoms with van der Waals surface area (Å²) in [7, 11) is 0. The highest BCUT2D eigenvalue weighted by molar-refractivity contribution is 4.81. The molecule has 0 radical (unpaired) electrons. The fourth-order valence-corrected chi connectivity index (χ4v) is 3.65. The van der Waals surface area contributed by atoms with E-state index in [9.17, 15) is 28.8 Å². The molecule has 0 spiro atoms. The fourth-order valence-electron chi connectivity index (χ4n) is 3.65. The minimum absolute atomic E-state index is 0.110. The Morgan fingerprint density at radius 2 is 0.784 bits per heavy atom. The molecule has 0 saturated carbocycles. The summed E-state index contributed by atoms with van der Waals surface area (Å²) in [6.07, 6.45) is -0.478. The van der Waals surface area contributed by atoms with E-state index >= 15 is 0 Å². The SMILES string of the molecule is CC(CCn1c(=O)n(CCO)c(=O)n(CCO)c1=O)OCCn1c(=O)n(CCO)c(=O)n(CCO)c1=O. The maximum Gasteiger partial charge on any atom is 0.336 e. The second-order valence-electron chi connectivity index (χ2n) is 7.97. The first-order chi connectivity index (χ1) is 17.6. The monoisotopic (exact) mass is 532 g/mol. The number of ether oxygens (including phenoxy) is 1. The molecule has 0 amide bonds. The molecule has 208 valence electrons. The van der Waals surface area contributed by atoms with Crippen molar-refractivity contribution in [3.8, 4) is 0 Å². The van der Waals surface area contributed by atoms with E-state index in [1.165, 1.54) is 0 Å². The van der Waals surface area contributed by atoms with Gasteiger partial charge >= 0.3 is 34.1 Å². The quantitative estimate of drug-likeness (QED) is 0.169.